The van der Waals surface area contributed by atoms with E-state index in [9.17, 15) is 0 Å². The predicted octanol–water partition coefficient (Wildman–Crippen LogP) is 16.0. The van der Waals surface area contributed by atoms with Gasteiger partial charge >= 0.3 is 0 Å². The van der Waals surface area contributed by atoms with Gasteiger partial charge in [-0.25, -0.2) is 0 Å². The van der Waals surface area contributed by atoms with Crippen molar-refractivity contribution in [1.29, 1.82) is 0 Å². The first-order chi connectivity index (χ1) is 28.0. The van der Waals surface area contributed by atoms with E-state index in [-0.39, 0.29) is 5.41 Å². The van der Waals surface area contributed by atoms with Gasteiger partial charge in [0.2, 0.25) is 0 Å². The molecule has 0 saturated heterocycles. The summed E-state index contributed by atoms with van der Waals surface area (Å²) in [7, 11) is 0. The molecule has 0 aliphatic heterocycles. The molecule has 0 fully saturated rings. The summed E-state index contributed by atoms with van der Waals surface area (Å²) in [5, 5.41) is 5.15. The normalized spacial score (nSPS) is 12.9. The molecule has 9 aromatic carbocycles. The molecule has 1 aromatic heterocycles. The van der Waals surface area contributed by atoms with Gasteiger partial charge in [-0.05, 0) is 127 Å². The maximum atomic E-state index is 2.41. The van der Waals surface area contributed by atoms with Gasteiger partial charge in [0.25, 0.3) is 0 Å². The van der Waals surface area contributed by atoms with Crippen molar-refractivity contribution in [2.24, 2.45) is 0 Å². The largest absolute Gasteiger partial charge is 0.310 e. The van der Waals surface area contributed by atoms with Gasteiger partial charge in [-0.3, -0.25) is 0 Å². The van der Waals surface area contributed by atoms with Gasteiger partial charge in [-0.2, -0.15) is 0 Å². The van der Waals surface area contributed by atoms with Crippen LogP contribution in [0.25, 0.3) is 75.5 Å². The maximum absolute atomic E-state index is 2.41. The fourth-order valence-corrected chi connectivity index (χ4v) is 10.3. The van der Waals surface area contributed by atoms with Gasteiger partial charge in [0.1, 0.15) is 0 Å². The molecule has 0 unspecified atom stereocenters. The van der Waals surface area contributed by atoms with Crippen molar-refractivity contribution in [1.82, 2.24) is 0 Å². The average molecular weight is 746 g/mol. The first-order valence-electron chi connectivity index (χ1n) is 19.7. The summed E-state index contributed by atoms with van der Waals surface area (Å²) in [6.07, 6.45) is 0. The van der Waals surface area contributed by atoms with E-state index < -0.39 is 0 Å². The van der Waals surface area contributed by atoms with E-state index in [2.05, 4.69) is 219 Å². The number of thiophene rings is 1. The second-order valence-corrected chi connectivity index (χ2v) is 16.8. The van der Waals surface area contributed by atoms with Gasteiger partial charge in [0, 0.05) is 42.6 Å². The highest BCUT2D eigenvalue weighted by Gasteiger charge is 2.35. The topological polar surface area (TPSA) is 3.24 Å². The Labute approximate surface area is 337 Å². The summed E-state index contributed by atoms with van der Waals surface area (Å²) in [6, 6.07) is 73.9. The Hall–Kier alpha value is -6.74. The van der Waals surface area contributed by atoms with Crippen LogP contribution in [0.5, 0.6) is 0 Å². The number of rotatable bonds is 6. The van der Waals surface area contributed by atoms with Gasteiger partial charge in [0.15, 0.2) is 0 Å². The van der Waals surface area contributed by atoms with Crippen LogP contribution in [0.4, 0.5) is 17.1 Å². The smallest absolute Gasteiger partial charge is 0.0467 e. The van der Waals surface area contributed by atoms with E-state index in [0.29, 0.717) is 0 Å². The van der Waals surface area contributed by atoms with Crippen molar-refractivity contribution in [3.05, 3.63) is 211 Å². The second-order valence-electron chi connectivity index (χ2n) is 15.7. The van der Waals surface area contributed by atoms with E-state index >= 15 is 0 Å². The predicted molar refractivity (Wildman–Crippen MR) is 245 cm³/mol. The number of anilines is 3. The third-order valence-corrected chi connectivity index (χ3v) is 13.2. The number of hydrogen-bond donors (Lipinski definition) is 0. The molecule has 1 aliphatic carbocycles. The molecule has 0 spiro atoms. The Bertz CT molecular complexity index is 3150. The molecule has 0 N–H and O–H groups in total. The third-order valence-electron chi connectivity index (χ3n) is 12.1. The number of nitrogens with zero attached hydrogens (tertiary/aromatic N) is 1. The van der Waals surface area contributed by atoms with E-state index in [0.717, 1.165) is 17.1 Å². The van der Waals surface area contributed by atoms with E-state index in [1.807, 2.05) is 11.3 Å². The Morgan fingerprint density at radius 3 is 1.81 bits per heavy atom. The third kappa shape index (κ3) is 5.59. The Kier molecular flexibility index (Phi) is 7.77. The zero-order valence-electron chi connectivity index (χ0n) is 31.9. The lowest BCUT2D eigenvalue weighted by molar-refractivity contribution is 0.660. The molecule has 0 amide bonds. The molecule has 1 nitrogen and oxygen atoms in total. The average Bonchev–Trinajstić information content (AvgIpc) is 3.76. The molecule has 11 rings (SSSR count). The summed E-state index contributed by atoms with van der Waals surface area (Å²) in [6.45, 7) is 4.70. The van der Waals surface area contributed by atoms with Gasteiger partial charge in [-0.15, -0.1) is 11.3 Å². The lowest BCUT2D eigenvalue weighted by Gasteiger charge is -2.26. The van der Waals surface area contributed by atoms with Crippen molar-refractivity contribution in [2.45, 2.75) is 19.3 Å². The molecule has 0 radical (unpaired) electrons. The van der Waals surface area contributed by atoms with Crippen LogP contribution in [0.1, 0.15) is 25.0 Å². The van der Waals surface area contributed by atoms with E-state index in [1.165, 1.54) is 86.6 Å². The summed E-state index contributed by atoms with van der Waals surface area (Å²) in [4.78, 5) is 2.39. The van der Waals surface area contributed by atoms with Crippen LogP contribution in [-0.2, 0) is 5.41 Å². The fraction of sp³-hybridized carbons (Fsp3) is 0.0545. The number of benzene rings is 9. The molecule has 2 heteroatoms. The van der Waals surface area contributed by atoms with Crippen molar-refractivity contribution in [3.63, 3.8) is 0 Å². The van der Waals surface area contributed by atoms with Crippen LogP contribution < -0.4 is 4.90 Å². The number of hydrogen-bond acceptors (Lipinski definition) is 2. The Morgan fingerprint density at radius 2 is 0.965 bits per heavy atom. The lowest BCUT2D eigenvalue weighted by atomic mass is 9.81. The zero-order chi connectivity index (χ0) is 38.1. The summed E-state index contributed by atoms with van der Waals surface area (Å²) >= 11 is 1.87. The van der Waals surface area contributed by atoms with Crippen LogP contribution in [0.2, 0.25) is 0 Å². The minimum Gasteiger partial charge on any atom is -0.310 e. The van der Waals surface area contributed by atoms with Crippen molar-refractivity contribution in [2.75, 3.05) is 4.90 Å². The molecular formula is C55H39NS. The Balaban J connectivity index is 1.00. The maximum Gasteiger partial charge on any atom is 0.0467 e. The first-order valence-corrected chi connectivity index (χ1v) is 20.6. The van der Waals surface area contributed by atoms with Crippen molar-refractivity contribution < 1.29 is 0 Å². The highest BCUT2D eigenvalue weighted by Crippen LogP contribution is 2.50. The molecule has 0 saturated carbocycles. The second kappa shape index (κ2) is 13.2. The summed E-state index contributed by atoms with van der Waals surface area (Å²) < 4.78 is 2.65. The van der Waals surface area contributed by atoms with Gasteiger partial charge < -0.3 is 4.90 Å². The van der Waals surface area contributed by atoms with E-state index in [1.54, 1.807) is 0 Å². The van der Waals surface area contributed by atoms with Gasteiger partial charge in [-0.1, -0.05) is 153 Å². The molecular weight excluding hydrogens is 707 g/mol. The van der Waals surface area contributed by atoms with Crippen molar-refractivity contribution in [3.8, 4) is 44.5 Å². The molecule has 1 heterocycles. The summed E-state index contributed by atoms with van der Waals surface area (Å²) in [5.74, 6) is 0. The van der Waals surface area contributed by atoms with Crippen LogP contribution in [0.15, 0.2) is 200 Å². The molecule has 0 atom stereocenters. The molecule has 0 bridgehead atoms. The molecule has 57 heavy (non-hydrogen) atoms. The van der Waals surface area contributed by atoms with Gasteiger partial charge in [0.05, 0.1) is 0 Å². The monoisotopic (exact) mass is 745 g/mol. The Morgan fingerprint density at radius 1 is 0.368 bits per heavy atom. The minimum absolute atomic E-state index is 0.0387. The minimum atomic E-state index is -0.0387. The first kappa shape index (κ1) is 33.6. The molecule has 270 valence electrons. The van der Waals surface area contributed by atoms with Crippen LogP contribution >= 0.6 is 11.3 Å². The lowest BCUT2D eigenvalue weighted by Crippen LogP contribution is -2.14. The molecule has 10 aromatic rings. The fourth-order valence-electron chi connectivity index (χ4n) is 9.13. The van der Waals surface area contributed by atoms with Crippen LogP contribution in [-0.4, -0.2) is 0 Å². The molecule has 1 aliphatic rings. The highest BCUT2D eigenvalue weighted by atomic mass is 32.1. The zero-order valence-corrected chi connectivity index (χ0v) is 32.7. The quantitative estimate of drug-likeness (QED) is 0.164. The van der Waals surface area contributed by atoms with E-state index in [4.69, 9.17) is 0 Å². The SMILES string of the molecule is CC1(C)c2ccccc2-c2ccc(-c3ccc(N(c4ccc(-c5cccc6sc7ccccc7c56)cc4)c4cccc(-c5ccc6ccccc6c5)c4)cc3)cc21. The van der Waals surface area contributed by atoms with Crippen LogP contribution in [0, 0.1) is 0 Å². The number of fused-ring (bicyclic) bond motifs is 7. The van der Waals surface area contributed by atoms with Crippen LogP contribution in [0.3, 0.4) is 0 Å². The van der Waals surface area contributed by atoms with Crippen molar-refractivity contribution >= 4 is 59.3 Å². The highest BCUT2D eigenvalue weighted by molar-refractivity contribution is 7.25. The summed E-state index contributed by atoms with van der Waals surface area (Å²) in [5.41, 5.74) is 16.1. The standard InChI is InChI=1S/C55H39NS/c1-55(2)50-18-7-5-15-47(50)48-32-27-42(35-51(48)55)37-23-28-43(29-24-37)56(45-14-9-13-40(34-45)41-22-21-36-11-3-4-12-39(36)33-41)44-30-25-38(26-31-44)46-17-10-20-53-54(46)49-16-6-8-19-52(49)57-53/h3-35H,1-2H3.